The summed E-state index contributed by atoms with van der Waals surface area (Å²) in [6.45, 7) is 0. The van der Waals surface area contributed by atoms with Gasteiger partial charge in [-0.2, -0.15) is 0 Å². The van der Waals surface area contributed by atoms with E-state index < -0.39 is 23.2 Å². The van der Waals surface area contributed by atoms with Crippen LogP contribution in [0, 0.1) is 9.39 Å². The topological polar surface area (TPSA) is 58.2 Å². The first kappa shape index (κ1) is 21.7. The first-order valence-electron chi connectivity index (χ1n) is 9.92. The number of benzene rings is 3. The van der Waals surface area contributed by atoms with Crippen LogP contribution in [-0.2, 0) is 15.0 Å². The van der Waals surface area contributed by atoms with Crippen LogP contribution >= 0.6 is 45.8 Å². The third kappa shape index (κ3) is 3.31. The Bertz CT molecular complexity index is 1280. The van der Waals surface area contributed by atoms with Gasteiger partial charge in [0.1, 0.15) is 11.2 Å². The van der Waals surface area contributed by atoms with Crippen LogP contribution in [0.2, 0.25) is 10.0 Å². The van der Waals surface area contributed by atoms with E-state index in [1.807, 2.05) is 6.07 Å². The fourth-order valence-corrected chi connectivity index (χ4v) is 5.89. The highest BCUT2D eigenvalue weighted by Gasteiger charge is 2.61. The van der Waals surface area contributed by atoms with E-state index >= 15 is 4.39 Å². The zero-order valence-electron chi connectivity index (χ0n) is 16.5. The number of piperidine rings is 1. The lowest BCUT2D eigenvalue weighted by Gasteiger charge is -2.46. The Kier molecular flexibility index (Phi) is 5.42. The zero-order chi connectivity index (χ0) is 22.6. The second-order valence-electron chi connectivity index (χ2n) is 7.99. The molecule has 1 fully saturated rings. The van der Waals surface area contributed by atoms with Crippen LogP contribution < -0.4 is 10.6 Å². The number of nitrogens with one attached hydrogen (secondary N) is 2. The minimum atomic E-state index is -1.29. The van der Waals surface area contributed by atoms with Crippen molar-refractivity contribution in [2.24, 2.45) is 0 Å². The molecule has 0 saturated carbocycles. The summed E-state index contributed by atoms with van der Waals surface area (Å²) >= 11 is 14.6. The van der Waals surface area contributed by atoms with E-state index in [4.69, 9.17) is 23.2 Å². The molecule has 0 aliphatic carbocycles. The molecule has 2 aliphatic rings. The number of amides is 2. The highest BCUT2D eigenvalue weighted by Crippen LogP contribution is 2.57. The monoisotopic (exact) mass is 580 g/mol. The van der Waals surface area contributed by atoms with E-state index in [9.17, 15) is 9.59 Å². The number of carbonyl (C=O) groups excluding carboxylic acids is 2. The van der Waals surface area contributed by atoms with E-state index in [1.54, 1.807) is 48.5 Å². The summed E-state index contributed by atoms with van der Waals surface area (Å²) in [4.78, 5) is 26.7. The number of anilines is 1. The number of fused-ring (bicyclic) bond motifs is 2. The maximum absolute atomic E-state index is 15.1. The van der Waals surface area contributed by atoms with Gasteiger partial charge in [-0.3, -0.25) is 9.59 Å². The van der Waals surface area contributed by atoms with Gasteiger partial charge in [-0.05, 0) is 76.2 Å². The Labute approximate surface area is 207 Å². The smallest absolute Gasteiger partial charge is 0.238 e. The number of hydrogen-bond donors (Lipinski definition) is 2. The lowest BCUT2D eigenvalue weighted by Crippen LogP contribution is -2.57. The van der Waals surface area contributed by atoms with Crippen molar-refractivity contribution in [3.05, 3.63) is 96.8 Å². The van der Waals surface area contributed by atoms with Gasteiger partial charge in [0.25, 0.3) is 0 Å². The SMILES string of the molecule is O=C1CC(c2cccc(Cl)c2)C2(C(=O)Nc3cc(Cl)ccc32)C(c2cc(I)ccc2F)N1. The van der Waals surface area contributed by atoms with Gasteiger partial charge in [-0.1, -0.05) is 41.4 Å². The van der Waals surface area contributed by atoms with Crippen LogP contribution in [0.15, 0.2) is 60.7 Å². The van der Waals surface area contributed by atoms with Crippen LogP contribution in [0.3, 0.4) is 0 Å². The summed E-state index contributed by atoms with van der Waals surface area (Å²) in [6.07, 6.45) is 0.0534. The molecule has 2 aliphatic heterocycles. The molecular formula is C24H16Cl2FIN2O2. The molecule has 4 nitrogen and oxygen atoms in total. The Hall–Kier alpha value is -2.16. The average molecular weight is 581 g/mol. The van der Waals surface area contributed by atoms with Crippen LogP contribution in [0.1, 0.15) is 35.1 Å². The maximum Gasteiger partial charge on any atom is 0.238 e. The molecule has 0 radical (unpaired) electrons. The molecule has 3 unspecified atom stereocenters. The number of rotatable bonds is 2. The van der Waals surface area contributed by atoms with E-state index in [-0.39, 0.29) is 23.8 Å². The maximum atomic E-state index is 15.1. The molecule has 0 aromatic heterocycles. The third-order valence-electron chi connectivity index (χ3n) is 6.27. The van der Waals surface area contributed by atoms with Crippen molar-refractivity contribution in [3.8, 4) is 0 Å². The average Bonchev–Trinajstić information content (AvgIpc) is 3.02. The Balaban J connectivity index is 1.83. The van der Waals surface area contributed by atoms with E-state index in [0.717, 1.165) is 9.13 Å². The lowest BCUT2D eigenvalue weighted by atomic mass is 9.59. The molecule has 3 atom stereocenters. The lowest BCUT2D eigenvalue weighted by molar-refractivity contribution is -0.131. The molecule has 1 saturated heterocycles. The van der Waals surface area contributed by atoms with Gasteiger partial charge in [0.2, 0.25) is 11.8 Å². The summed E-state index contributed by atoms with van der Waals surface area (Å²) in [5.74, 6) is -1.64. The summed E-state index contributed by atoms with van der Waals surface area (Å²) in [5.41, 5.74) is 0.933. The second-order valence-corrected chi connectivity index (χ2v) is 10.1. The van der Waals surface area contributed by atoms with Gasteiger partial charge in [0.15, 0.2) is 0 Å². The van der Waals surface area contributed by atoms with Crippen molar-refractivity contribution in [1.29, 1.82) is 0 Å². The predicted molar refractivity (Wildman–Crippen MR) is 131 cm³/mol. The van der Waals surface area contributed by atoms with E-state index in [1.165, 1.54) is 6.07 Å². The molecule has 3 aromatic rings. The molecule has 0 bridgehead atoms. The van der Waals surface area contributed by atoms with Gasteiger partial charge >= 0.3 is 0 Å². The molecule has 2 amide bonds. The predicted octanol–water partition coefficient (Wildman–Crippen LogP) is 5.97. The van der Waals surface area contributed by atoms with Gasteiger partial charge in [-0.15, -0.1) is 0 Å². The number of hydrogen-bond acceptors (Lipinski definition) is 2. The fraction of sp³-hybridized carbons (Fsp3) is 0.167. The molecule has 1 spiro atoms. The minimum Gasteiger partial charge on any atom is -0.348 e. The molecule has 32 heavy (non-hydrogen) atoms. The molecule has 5 rings (SSSR count). The standard InChI is InChI=1S/C24H16Cl2FIN2O2/c25-13-3-1-2-12(8-13)18-11-21(31)30-22(16-10-15(28)5-7-19(16)27)24(18)17-6-4-14(26)9-20(17)29-23(24)32/h1-10,18,22H,11H2,(H,29,32)(H,30,31). The van der Waals surface area contributed by atoms with Gasteiger partial charge in [0.05, 0.1) is 6.04 Å². The van der Waals surface area contributed by atoms with Gasteiger partial charge in [-0.25, -0.2) is 4.39 Å². The van der Waals surface area contributed by atoms with Crippen LogP contribution in [0.5, 0.6) is 0 Å². The quantitative estimate of drug-likeness (QED) is 0.367. The summed E-state index contributed by atoms with van der Waals surface area (Å²) in [6, 6.07) is 16.0. The number of halogens is 4. The number of carbonyl (C=O) groups is 2. The van der Waals surface area contributed by atoms with Crippen LogP contribution in [-0.4, -0.2) is 11.8 Å². The highest BCUT2D eigenvalue weighted by molar-refractivity contribution is 14.1. The Morgan fingerprint density at radius 3 is 2.56 bits per heavy atom. The van der Waals surface area contributed by atoms with Crippen LogP contribution in [0.4, 0.5) is 10.1 Å². The van der Waals surface area contributed by atoms with Gasteiger partial charge in [0, 0.05) is 37.2 Å². The first-order valence-corrected chi connectivity index (χ1v) is 11.8. The highest BCUT2D eigenvalue weighted by atomic mass is 127. The molecule has 8 heteroatoms. The first-order chi connectivity index (χ1) is 15.3. The summed E-state index contributed by atoms with van der Waals surface area (Å²) in [5, 5.41) is 6.82. The zero-order valence-corrected chi connectivity index (χ0v) is 20.1. The fourth-order valence-electron chi connectivity index (χ4n) is 5.01. The normalized spacial score (nSPS) is 24.2. The van der Waals surface area contributed by atoms with E-state index in [2.05, 4.69) is 33.2 Å². The summed E-state index contributed by atoms with van der Waals surface area (Å²) < 4.78 is 15.9. The van der Waals surface area contributed by atoms with Crippen molar-refractivity contribution in [2.75, 3.05) is 5.32 Å². The summed E-state index contributed by atoms with van der Waals surface area (Å²) in [7, 11) is 0. The van der Waals surface area contributed by atoms with Crippen LogP contribution in [0.25, 0.3) is 0 Å². The van der Waals surface area contributed by atoms with E-state index in [0.29, 0.717) is 21.3 Å². The molecule has 2 heterocycles. The molecule has 2 N–H and O–H groups in total. The molecular weight excluding hydrogens is 565 g/mol. The van der Waals surface area contributed by atoms with Crippen molar-refractivity contribution in [3.63, 3.8) is 0 Å². The minimum absolute atomic E-state index is 0.0534. The van der Waals surface area contributed by atoms with Crippen molar-refractivity contribution in [1.82, 2.24) is 5.32 Å². The van der Waals surface area contributed by atoms with Gasteiger partial charge < -0.3 is 10.6 Å². The third-order valence-corrected chi connectivity index (χ3v) is 7.41. The van der Waals surface area contributed by atoms with Crippen molar-refractivity contribution in [2.45, 2.75) is 23.8 Å². The Morgan fingerprint density at radius 1 is 1.00 bits per heavy atom. The second kappa shape index (κ2) is 8.01. The Morgan fingerprint density at radius 2 is 1.78 bits per heavy atom. The van der Waals surface area contributed by atoms with Crippen molar-refractivity contribution < 1.29 is 14.0 Å². The van der Waals surface area contributed by atoms with Crippen molar-refractivity contribution >= 4 is 63.3 Å². The molecule has 3 aromatic carbocycles. The molecule has 162 valence electrons. The largest absolute Gasteiger partial charge is 0.348 e.